The molecule has 4 saturated carbocycles. The smallest absolute Gasteiger partial charge is 0.303 e. The van der Waals surface area contributed by atoms with E-state index in [1.807, 2.05) is 13.0 Å². The fraction of sp³-hybridized carbons (Fsp3) is 0.812. The minimum absolute atomic E-state index is 0.0198. The van der Waals surface area contributed by atoms with E-state index in [1.54, 1.807) is 6.92 Å². The molecule has 0 saturated heterocycles. The zero-order valence-electron chi connectivity index (χ0n) is 24.9. The molecule has 2 spiro atoms. The Kier molecular flexibility index (Phi) is 6.95. The van der Waals surface area contributed by atoms with Gasteiger partial charge >= 0.3 is 7.82 Å². The molecule has 12 atom stereocenters. The van der Waals surface area contributed by atoms with E-state index in [9.17, 15) is 14.2 Å². The van der Waals surface area contributed by atoms with Gasteiger partial charge in [-0.15, -0.1) is 0 Å². The molecule has 39 heavy (non-hydrogen) atoms. The molecular weight excluding hydrogens is 511 g/mol. The van der Waals surface area contributed by atoms with E-state index >= 15 is 0 Å². The zero-order valence-corrected chi connectivity index (χ0v) is 25.8. The quantitative estimate of drug-likeness (QED) is 0.251. The summed E-state index contributed by atoms with van der Waals surface area (Å²) < 4.78 is 15.8. The third-order valence-electron chi connectivity index (χ3n) is 13.5. The number of rotatable bonds is 8. The van der Waals surface area contributed by atoms with Crippen LogP contribution in [0.15, 0.2) is 24.3 Å². The Labute approximate surface area is 234 Å². The predicted octanol–water partition coefficient (Wildman–Crippen LogP) is 6.77. The van der Waals surface area contributed by atoms with Crippen LogP contribution in [-0.2, 0) is 18.7 Å². The number of hydrogen-bond donors (Lipinski definition) is 2. The van der Waals surface area contributed by atoms with Crippen LogP contribution in [0, 0.1) is 69.0 Å². The van der Waals surface area contributed by atoms with E-state index in [1.165, 1.54) is 32.1 Å². The van der Waals surface area contributed by atoms with Gasteiger partial charge in [-0.25, -0.2) is 4.57 Å². The van der Waals surface area contributed by atoms with Crippen LogP contribution < -0.4 is 0 Å². The summed E-state index contributed by atoms with van der Waals surface area (Å²) in [6, 6.07) is 0. The summed E-state index contributed by atoms with van der Waals surface area (Å²) in [5.74, 6) is 1.95. The normalized spacial score (nSPS) is 46.8. The highest BCUT2D eigenvalue weighted by Gasteiger charge is 2.81. The molecule has 0 aromatic rings. The lowest BCUT2D eigenvalue weighted by Crippen LogP contribution is -2.55. The molecule has 0 heterocycles. The van der Waals surface area contributed by atoms with Crippen molar-refractivity contribution in [3.8, 4) is 0 Å². The highest BCUT2D eigenvalue weighted by molar-refractivity contribution is 7.46. The third-order valence-corrected chi connectivity index (χ3v) is 14.0. The second-order valence-electron chi connectivity index (χ2n) is 14.9. The lowest BCUT2D eigenvalue weighted by Gasteiger charge is -2.61. The first-order chi connectivity index (χ1) is 18.0. The summed E-state index contributed by atoms with van der Waals surface area (Å²) in [6.07, 6.45) is 11.4. The van der Waals surface area contributed by atoms with Gasteiger partial charge in [0.05, 0.1) is 6.61 Å². The molecule has 0 aromatic heterocycles. The number of phosphoric acid groups is 1. The molecule has 0 aromatic carbocycles. The minimum atomic E-state index is -4.59. The summed E-state index contributed by atoms with van der Waals surface area (Å²) in [6.45, 7) is 19.4. The van der Waals surface area contributed by atoms with Crippen molar-refractivity contribution in [2.75, 3.05) is 6.61 Å². The number of hydrogen-bond acceptors (Lipinski definition) is 4. The van der Waals surface area contributed by atoms with E-state index in [4.69, 9.17) is 9.79 Å². The number of carbonyl (C=O) groups is 2. The number of Topliss-reactive ketones (excluding diaryl/α,β-unsaturated/α-hetero) is 1. The van der Waals surface area contributed by atoms with Crippen molar-refractivity contribution < 1.29 is 28.5 Å². The van der Waals surface area contributed by atoms with Crippen LogP contribution in [-0.4, -0.2) is 28.0 Å². The molecule has 5 aliphatic carbocycles. The van der Waals surface area contributed by atoms with E-state index in [0.29, 0.717) is 40.4 Å². The maximum absolute atomic E-state index is 13.6. The molecule has 0 amide bonds. The summed E-state index contributed by atoms with van der Waals surface area (Å²) in [5.41, 5.74) is 1.25. The number of fused-ring (bicyclic) bond motifs is 2. The summed E-state index contributed by atoms with van der Waals surface area (Å²) >= 11 is 0. The van der Waals surface area contributed by atoms with Crippen LogP contribution in [0.3, 0.4) is 0 Å². The van der Waals surface area contributed by atoms with Gasteiger partial charge in [-0.05, 0) is 101 Å². The number of carbonyl (C=O) groups excluding carboxylic acids is 2. The fourth-order valence-corrected chi connectivity index (χ4v) is 11.8. The van der Waals surface area contributed by atoms with Crippen molar-refractivity contribution in [2.24, 2.45) is 69.0 Å². The Bertz CT molecular complexity index is 1160. The van der Waals surface area contributed by atoms with Crippen molar-refractivity contribution in [3.05, 3.63) is 24.3 Å². The van der Waals surface area contributed by atoms with Gasteiger partial charge in [-0.1, -0.05) is 61.1 Å². The average Bonchev–Trinajstić information content (AvgIpc) is 3.48. The Morgan fingerprint density at radius 2 is 1.82 bits per heavy atom. The fourth-order valence-electron chi connectivity index (χ4n) is 11.4. The number of allylic oxidation sites excluding steroid dienone is 2. The van der Waals surface area contributed by atoms with Crippen molar-refractivity contribution in [3.63, 3.8) is 0 Å². The average molecular weight is 561 g/mol. The second kappa shape index (κ2) is 9.21. The van der Waals surface area contributed by atoms with Gasteiger partial charge < -0.3 is 9.79 Å². The molecule has 0 unspecified atom stereocenters. The Hall–Kier alpha value is -1.07. The van der Waals surface area contributed by atoms with E-state index in [0.717, 1.165) is 6.42 Å². The van der Waals surface area contributed by atoms with Gasteiger partial charge in [-0.2, -0.15) is 0 Å². The molecule has 6 nitrogen and oxygen atoms in total. The lowest BCUT2D eigenvalue weighted by molar-refractivity contribution is -0.136. The van der Waals surface area contributed by atoms with E-state index in [-0.39, 0.29) is 46.4 Å². The maximum Gasteiger partial charge on any atom is 0.469 e. The van der Waals surface area contributed by atoms with Crippen LogP contribution in [0.25, 0.3) is 0 Å². The van der Waals surface area contributed by atoms with Gasteiger partial charge in [0.15, 0.2) is 11.6 Å². The monoisotopic (exact) mass is 560 g/mol. The predicted molar refractivity (Wildman–Crippen MR) is 151 cm³/mol. The summed E-state index contributed by atoms with van der Waals surface area (Å²) in [5, 5.41) is 0. The number of phosphoric ester groups is 1. The molecule has 2 N–H and O–H groups in total. The molecule has 0 aliphatic heterocycles. The minimum Gasteiger partial charge on any atom is -0.303 e. The van der Waals surface area contributed by atoms with E-state index in [2.05, 4.69) is 51.8 Å². The van der Waals surface area contributed by atoms with Crippen LogP contribution >= 0.6 is 7.82 Å². The molecule has 218 valence electrons. The van der Waals surface area contributed by atoms with Crippen LogP contribution in [0.4, 0.5) is 0 Å². The third kappa shape index (κ3) is 4.02. The highest BCUT2D eigenvalue weighted by Crippen LogP contribution is 2.87. The summed E-state index contributed by atoms with van der Waals surface area (Å²) in [7, 11) is -4.59. The second-order valence-corrected chi connectivity index (χ2v) is 16.1. The SMILES string of the molecule is C=C(C(=O)[C@H](C)[C@@H](C)[C@H]1[C@@H](C)C[C@@]2(C)[C@@H]3CC[C@H]4[C@H](C)C(=O)C=C[C@@]45C[C@@]35CC[C@]12C)[C@@H](C)COP(=O)(O)O. The van der Waals surface area contributed by atoms with Gasteiger partial charge in [0.25, 0.3) is 0 Å². The van der Waals surface area contributed by atoms with Crippen molar-refractivity contribution >= 4 is 19.4 Å². The van der Waals surface area contributed by atoms with Crippen LogP contribution in [0.1, 0.15) is 87.0 Å². The van der Waals surface area contributed by atoms with Crippen molar-refractivity contribution in [1.82, 2.24) is 0 Å². The van der Waals surface area contributed by atoms with Crippen LogP contribution in [0.2, 0.25) is 0 Å². The molecular formula is C32H49O6P. The molecule has 5 rings (SSSR count). The molecule has 4 fully saturated rings. The van der Waals surface area contributed by atoms with Gasteiger partial charge in [0.2, 0.25) is 0 Å². The van der Waals surface area contributed by atoms with Crippen molar-refractivity contribution in [2.45, 2.75) is 87.0 Å². The number of ketones is 2. The Morgan fingerprint density at radius 3 is 2.46 bits per heavy atom. The first-order valence-corrected chi connectivity index (χ1v) is 16.6. The zero-order chi connectivity index (χ0) is 28.9. The van der Waals surface area contributed by atoms with Crippen LogP contribution in [0.5, 0.6) is 0 Å². The topological polar surface area (TPSA) is 101 Å². The Morgan fingerprint density at radius 1 is 1.15 bits per heavy atom. The Balaban J connectivity index is 1.37. The maximum atomic E-state index is 13.6. The first kappa shape index (κ1) is 29.4. The molecule has 0 radical (unpaired) electrons. The lowest BCUT2D eigenvalue weighted by atomic mass is 9.43. The largest absolute Gasteiger partial charge is 0.469 e. The van der Waals surface area contributed by atoms with E-state index < -0.39 is 13.7 Å². The van der Waals surface area contributed by atoms with Gasteiger partial charge in [-0.3, -0.25) is 14.1 Å². The summed E-state index contributed by atoms with van der Waals surface area (Å²) in [4.78, 5) is 44.3. The molecule has 0 bridgehead atoms. The highest BCUT2D eigenvalue weighted by atomic mass is 31.2. The standard InChI is InChI=1S/C32H49O6P/c1-18-15-30(8)26-10-9-24-23(6)25(33)11-12-31(24)17-32(26,31)14-13-29(30,7)27(18)21(4)22(5)28(34)20(3)19(2)16-38-39(35,36)37/h11-12,18-19,21-24,26-27H,3,9-10,13-17H2,1-2,4-8H3,(H2,35,36,37)/t18-,19-,21+,22+,23-,24-,26-,27+,29+,30-,31+,32-/m0/s1. The molecule has 7 heteroatoms. The van der Waals surface area contributed by atoms with Crippen molar-refractivity contribution in [1.29, 1.82) is 0 Å². The van der Waals surface area contributed by atoms with Gasteiger partial charge in [0.1, 0.15) is 0 Å². The first-order valence-electron chi connectivity index (χ1n) is 15.1. The molecule has 5 aliphatic rings. The van der Waals surface area contributed by atoms with Gasteiger partial charge in [0, 0.05) is 17.8 Å².